The van der Waals surface area contributed by atoms with Crippen molar-refractivity contribution in [2.24, 2.45) is 5.10 Å². The van der Waals surface area contributed by atoms with Crippen LogP contribution in [-0.4, -0.2) is 36.9 Å². The van der Waals surface area contributed by atoms with E-state index in [1.807, 2.05) is 6.07 Å². The highest BCUT2D eigenvalue weighted by Gasteiger charge is 2.19. The second kappa shape index (κ2) is 5.25. The lowest BCUT2D eigenvalue weighted by Gasteiger charge is -2.10. The van der Waals surface area contributed by atoms with Gasteiger partial charge in [-0.15, -0.1) is 0 Å². The van der Waals surface area contributed by atoms with Crippen LogP contribution >= 0.6 is 0 Å². The highest BCUT2D eigenvalue weighted by molar-refractivity contribution is 7.90. The van der Waals surface area contributed by atoms with Crippen LogP contribution in [0.1, 0.15) is 12.0 Å². The van der Waals surface area contributed by atoms with Gasteiger partial charge in [0, 0.05) is 31.6 Å². The summed E-state index contributed by atoms with van der Waals surface area (Å²) in [4.78, 5) is 8.53. The Bertz CT molecular complexity index is 788. The van der Waals surface area contributed by atoms with E-state index in [1.165, 1.54) is 6.26 Å². The highest BCUT2D eigenvalue weighted by atomic mass is 32.2. The first-order valence-corrected chi connectivity index (χ1v) is 8.35. The van der Waals surface area contributed by atoms with E-state index in [0.29, 0.717) is 17.3 Å². The number of nitrogens with zero attached hydrogens (tertiary/aromatic N) is 4. The molecule has 0 spiro atoms. The minimum absolute atomic E-state index is 0.306. The minimum atomic E-state index is -3.21. The molecule has 0 N–H and O–H groups in total. The summed E-state index contributed by atoms with van der Waals surface area (Å²) >= 11 is 0. The van der Waals surface area contributed by atoms with Crippen LogP contribution in [0.4, 0.5) is 5.82 Å². The van der Waals surface area contributed by atoms with Gasteiger partial charge in [-0.3, -0.25) is 4.98 Å². The van der Waals surface area contributed by atoms with Gasteiger partial charge >= 0.3 is 0 Å². The summed E-state index contributed by atoms with van der Waals surface area (Å²) in [5.74, 6) is 0.687. The number of aromatic nitrogens is 2. The molecule has 0 amide bonds. The maximum Gasteiger partial charge on any atom is 0.175 e. The summed E-state index contributed by atoms with van der Waals surface area (Å²) in [5.41, 5.74) is 1.68. The standard InChI is InChI=1S/C14H14N4O2S/c1-21(19,20)12-4-2-3-11(9-12)13-5-8-18(17-13)14-10-15-6-7-16-14/h2-4,6-7,9-10H,5,8H2,1H3. The Morgan fingerprint density at radius 3 is 2.81 bits per heavy atom. The summed E-state index contributed by atoms with van der Waals surface area (Å²) in [7, 11) is -3.21. The highest BCUT2D eigenvalue weighted by Crippen LogP contribution is 2.20. The molecule has 7 heteroatoms. The third-order valence-electron chi connectivity index (χ3n) is 3.21. The number of hydrazone groups is 1. The number of sulfone groups is 1. The zero-order chi connectivity index (χ0) is 14.9. The normalized spacial score (nSPS) is 15.1. The van der Waals surface area contributed by atoms with Crippen molar-refractivity contribution < 1.29 is 8.42 Å². The number of hydrogen-bond donors (Lipinski definition) is 0. The van der Waals surface area contributed by atoms with Gasteiger partial charge in [0.1, 0.15) is 0 Å². The van der Waals surface area contributed by atoms with Gasteiger partial charge in [0.05, 0.1) is 16.8 Å². The van der Waals surface area contributed by atoms with Crippen LogP contribution in [0.25, 0.3) is 0 Å². The van der Waals surface area contributed by atoms with Gasteiger partial charge in [-0.25, -0.2) is 18.4 Å². The average molecular weight is 302 g/mol. The molecule has 1 aliphatic rings. The minimum Gasteiger partial charge on any atom is -0.259 e. The first-order valence-electron chi connectivity index (χ1n) is 6.45. The van der Waals surface area contributed by atoms with E-state index in [4.69, 9.17) is 0 Å². The molecule has 0 saturated heterocycles. The molecule has 0 fully saturated rings. The maximum atomic E-state index is 11.6. The predicted octanol–water partition coefficient (Wildman–Crippen LogP) is 1.49. The fourth-order valence-corrected chi connectivity index (χ4v) is 2.82. The lowest BCUT2D eigenvalue weighted by atomic mass is 10.1. The van der Waals surface area contributed by atoms with E-state index in [0.717, 1.165) is 17.7 Å². The zero-order valence-corrected chi connectivity index (χ0v) is 12.3. The topological polar surface area (TPSA) is 75.5 Å². The average Bonchev–Trinajstić information content (AvgIpc) is 2.97. The predicted molar refractivity (Wildman–Crippen MR) is 80.1 cm³/mol. The zero-order valence-electron chi connectivity index (χ0n) is 11.5. The van der Waals surface area contributed by atoms with Crippen molar-refractivity contribution >= 4 is 21.4 Å². The molecule has 1 aromatic carbocycles. The van der Waals surface area contributed by atoms with E-state index in [2.05, 4.69) is 15.1 Å². The third kappa shape index (κ3) is 2.92. The van der Waals surface area contributed by atoms with Gasteiger partial charge in [0.25, 0.3) is 0 Å². The van der Waals surface area contributed by atoms with Crippen molar-refractivity contribution in [3.63, 3.8) is 0 Å². The molecule has 0 aliphatic carbocycles. The summed E-state index contributed by atoms with van der Waals surface area (Å²) in [6.07, 6.45) is 6.82. The Balaban J connectivity index is 1.92. The first-order chi connectivity index (χ1) is 10.0. The fourth-order valence-electron chi connectivity index (χ4n) is 2.16. The Hall–Kier alpha value is -2.28. The second-order valence-corrected chi connectivity index (χ2v) is 6.80. The molecule has 1 aliphatic heterocycles. The fraction of sp³-hybridized carbons (Fsp3) is 0.214. The van der Waals surface area contributed by atoms with E-state index in [1.54, 1.807) is 41.8 Å². The van der Waals surface area contributed by atoms with Crippen molar-refractivity contribution in [3.05, 3.63) is 48.4 Å². The van der Waals surface area contributed by atoms with E-state index >= 15 is 0 Å². The number of rotatable bonds is 3. The van der Waals surface area contributed by atoms with Crippen LogP contribution in [0.15, 0.2) is 52.9 Å². The molecule has 0 radical (unpaired) electrons. The molecule has 3 rings (SSSR count). The Labute approximate surface area is 123 Å². The van der Waals surface area contributed by atoms with Gasteiger partial charge in [0.2, 0.25) is 0 Å². The molecule has 1 aromatic heterocycles. The van der Waals surface area contributed by atoms with Crippen molar-refractivity contribution in [1.29, 1.82) is 0 Å². The van der Waals surface area contributed by atoms with E-state index in [9.17, 15) is 8.42 Å². The van der Waals surface area contributed by atoms with Gasteiger partial charge in [-0.1, -0.05) is 12.1 Å². The number of hydrogen-bond acceptors (Lipinski definition) is 6. The molecule has 6 nitrogen and oxygen atoms in total. The van der Waals surface area contributed by atoms with E-state index < -0.39 is 9.84 Å². The van der Waals surface area contributed by atoms with Gasteiger partial charge in [0.15, 0.2) is 15.7 Å². The molecule has 0 unspecified atom stereocenters. The monoisotopic (exact) mass is 302 g/mol. The van der Waals surface area contributed by atoms with Gasteiger partial charge in [-0.2, -0.15) is 5.10 Å². The molecule has 21 heavy (non-hydrogen) atoms. The number of benzene rings is 1. The third-order valence-corrected chi connectivity index (χ3v) is 4.32. The molecule has 2 aromatic rings. The van der Waals surface area contributed by atoms with Crippen LogP contribution in [0, 0.1) is 0 Å². The summed E-state index contributed by atoms with van der Waals surface area (Å²) < 4.78 is 23.2. The largest absolute Gasteiger partial charge is 0.259 e. The van der Waals surface area contributed by atoms with Crippen molar-refractivity contribution in [2.75, 3.05) is 17.8 Å². The van der Waals surface area contributed by atoms with E-state index in [-0.39, 0.29) is 0 Å². The van der Waals surface area contributed by atoms with Crippen LogP contribution in [0.3, 0.4) is 0 Å². The second-order valence-electron chi connectivity index (χ2n) is 4.78. The number of anilines is 1. The molecular formula is C14H14N4O2S. The summed E-state index contributed by atoms with van der Waals surface area (Å²) in [6.45, 7) is 0.705. The molecular weight excluding hydrogens is 288 g/mol. The molecule has 2 heterocycles. The van der Waals surface area contributed by atoms with Crippen molar-refractivity contribution in [2.45, 2.75) is 11.3 Å². The van der Waals surface area contributed by atoms with Crippen LogP contribution < -0.4 is 5.01 Å². The molecule has 0 bridgehead atoms. The van der Waals surface area contributed by atoms with Gasteiger partial charge < -0.3 is 0 Å². The van der Waals surface area contributed by atoms with Crippen molar-refractivity contribution in [1.82, 2.24) is 9.97 Å². The Morgan fingerprint density at radius 2 is 2.10 bits per heavy atom. The summed E-state index contributed by atoms with van der Waals surface area (Å²) in [6, 6.07) is 6.86. The summed E-state index contributed by atoms with van der Waals surface area (Å²) in [5, 5.41) is 6.28. The molecule has 108 valence electrons. The Kier molecular flexibility index (Phi) is 3.42. The smallest absolute Gasteiger partial charge is 0.175 e. The van der Waals surface area contributed by atoms with Gasteiger partial charge in [-0.05, 0) is 17.7 Å². The maximum absolute atomic E-state index is 11.6. The lowest BCUT2D eigenvalue weighted by Crippen LogP contribution is -2.13. The Morgan fingerprint density at radius 1 is 1.24 bits per heavy atom. The van der Waals surface area contributed by atoms with Crippen LogP contribution in [-0.2, 0) is 9.84 Å². The molecule has 0 atom stereocenters. The quantitative estimate of drug-likeness (QED) is 0.858. The van der Waals surface area contributed by atoms with Crippen LogP contribution in [0.2, 0.25) is 0 Å². The van der Waals surface area contributed by atoms with Crippen LogP contribution in [0.5, 0.6) is 0 Å². The molecule has 0 saturated carbocycles. The SMILES string of the molecule is CS(=O)(=O)c1cccc(C2=NN(c3cnccn3)CC2)c1. The first kappa shape index (κ1) is 13.7. The van der Waals surface area contributed by atoms with Crippen molar-refractivity contribution in [3.8, 4) is 0 Å². The lowest BCUT2D eigenvalue weighted by molar-refractivity contribution is 0.602.